The van der Waals surface area contributed by atoms with Crippen molar-refractivity contribution in [2.24, 2.45) is 0 Å². The first-order chi connectivity index (χ1) is 10.0. The van der Waals surface area contributed by atoms with E-state index < -0.39 is 12.1 Å². The summed E-state index contributed by atoms with van der Waals surface area (Å²) in [5.41, 5.74) is 0.385. The lowest BCUT2D eigenvalue weighted by atomic mass is 10.2. The molecule has 0 saturated carbocycles. The zero-order chi connectivity index (χ0) is 15.7. The molecule has 1 aromatic rings. The van der Waals surface area contributed by atoms with Crippen LogP contribution in [0.15, 0.2) is 23.0 Å². The highest BCUT2D eigenvalue weighted by atomic mass is 16.5. The SMILES string of the molecule is COC(CNC(=O)CCNC(=O)c1ccoc1)CC(=O)O. The Balaban J connectivity index is 2.19. The van der Waals surface area contributed by atoms with Crippen LogP contribution in [-0.4, -0.2) is 49.2 Å². The maximum absolute atomic E-state index is 11.5. The van der Waals surface area contributed by atoms with Gasteiger partial charge in [-0.25, -0.2) is 0 Å². The number of carboxylic acid groups (broad SMARTS) is 1. The van der Waals surface area contributed by atoms with Gasteiger partial charge >= 0.3 is 5.97 Å². The number of carboxylic acids is 1. The summed E-state index contributed by atoms with van der Waals surface area (Å²) in [7, 11) is 1.38. The number of nitrogens with one attached hydrogen (secondary N) is 2. The second kappa shape index (κ2) is 8.75. The molecule has 0 saturated heterocycles. The maximum atomic E-state index is 11.5. The quantitative estimate of drug-likeness (QED) is 0.591. The van der Waals surface area contributed by atoms with Crippen LogP contribution in [0.4, 0.5) is 0 Å². The van der Waals surface area contributed by atoms with Gasteiger partial charge in [-0.15, -0.1) is 0 Å². The zero-order valence-corrected chi connectivity index (χ0v) is 11.6. The predicted molar refractivity (Wildman–Crippen MR) is 71.7 cm³/mol. The number of carbonyl (C=O) groups excluding carboxylic acids is 2. The molecule has 2 amide bonds. The van der Waals surface area contributed by atoms with E-state index in [-0.39, 0.29) is 37.7 Å². The molecule has 1 heterocycles. The first-order valence-corrected chi connectivity index (χ1v) is 6.34. The molecule has 0 aromatic carbocycles. The van der Waals surface area contributed by atoms with Crippen molar-refractivity contribution >= 4 is 17.8 Å². The third kappa shape index (κ3) is 6.57. The molecule has 0 radical (unpaired) electrons. The number of rotatable bonds is 9. The average Bonchev–Trinajstić information content (AvgIpc) is 2.97. The Labute approximate surface area is 121 Å². The molecule has 8 heteroatoms. The zero-order valence-electron chi connectivity index (χ0n) is 11.6. The molecule has 21 heavy (non-hydrogen) atoms. The Hall–Kier alpha value is -2.35. The van der Waals surface area contributed by atoms with E-state index in [1.165, 1.54) is 25.7 Å². The molecule has 0 fully saturated rings. The summed E-state index contributed by atoms with van der Waals surface area (Å²) in [4.78, 5) is 33.6. The topological polar surface area (TPSA) is 118 Å². The van der Waals surface area contributed by atoms with Crippen LogP contribution in [-0.2, 0) is 14.3 Å². The molecule has 1 atom stereocenters. The van der Waals surface area contributed by atoms with Crippen LogP contribution in [0.25, 0.3) is 0 Å². The minimum absolute atomic E-state index is 0.0904. The molecule has 8 nitrogen and oxygen atoms in total. The molecular formula is C13H18N2O6. The number of ether oxygens (including phenoxy) is 1. The van der Waals surface area contributed by atoms with E-state index in [1.807, 2.05) is 0 Å². The Morgan fingerprint density at radius 3 is 2.71 bits per heavy atom. The highest BCUT2D eigenvalue weighted by molar-refractivity contribution is 5.94. The van der Waals surface area contributed by atoms with Crippen molar-refractivity contribution in [1.29, 1.82) is 0 Å². The Kier molecular flexibility index (Phi) is 6.96. The van der Waals surface area contributed by atoms with E-state index in [4.69, 9.17) is 14.3 Å². The number of hydrogen-bond donors (Lipinski definition) is 3. The Bertz CT molecular complexity index is 471. The minimum Gasteiger partial charge on any atom is -0.481 e. The third-order valence-electron chi connectivity index (χ3n) is 2.68. The van der Waals surface area contributed by atoms with Crippen molar-refractivity contribution in [1.82, 2.24) is 10.6 Å². The fraction of sp³-hybridized carbons (Fsp3) is 0.462. The predicted octanol–water partition coefficient (Wildman–Crippen LogP) is 0.00540. The molecule has 116 valence electrons. The van der Waals surface area contributed by atoms with E-state index >= 15 is 0 Å². The molecule has 1 aromatic heterocycles. The van der Waals surface area contributed by atoms with E-state index in [0.717, 1.165) is 0 Å². The van der Waals surface area contributed by atoms with Crippen molar-refractivity contribution in [3.05, 3.63) is 24.2 Å². The molecule has 0 aliphatic rings. The maximum Gasteiger partial charge on any atom is 0.306 e. The van der Waals surface area contributed by atoms with Gasteiger partial charge in [0, 0.05) is 26.6 Å². The first kappa shape index (κ1) is 16.7. The molecule has 1 rings (SSSR count). The normalized spacial score (nSPS) is 11.7. The van der Waals surface area contributed by atoms with Gasteiger partial charge in [0.05, 0.1) is 24.4 Å². The highest BCUT2D eigenvalue weighted by Gasteiger charge is 2.13. The second-order valence-corrected chi connectivity index (χ2v) is 4.28. The molecule has 0 aliphatic carbocycles. The summed E-state index contributed by atoms with van der Waals surface area (Å²) in [6.45, 7) is 0.281. The van der Waals surface area contributed by atoms with Crippen LogP contribution in [0, 0.1) is 0 Å². The fourth-order valence-electron chi connectivity index (χ4n) is 1.53. The molecule has 0 aliphatic heterocycles. The summed E-state index contributed by atoms with van der Waals surface area (Å²) < 4.78 is 9.70. The molecule has 0 bridgehead atoms. The lowest BCUT2D eigenvalue weighted by Crippen LogP contribution is -2.36. The van der Waals surface area contributed by atoms with Gasteiger partial charge in [0.2, 0.25) is 5.91 Å². The van der Waals surface area contributed by atoms with Crippen molar-refractivity contribution < 1.29 is 28.6 Å². The monoisotopic (exact) mass is 298 g/mol. The smallest absolute Gasteiger partial charge is 0.306 e. The van der Waals surface area contributed by atoms with Gasteiger partial charge in [-0.3, -0.25) is 14.4 Å². The molecule has 3 N–H and O–H groups in total. The molecular weight excluding hydrogens is 280 g/mol. The summed E-state index contributed by atoms with van der Waals surface area (Å²) in [5.74, 6) is -1.62. The summed E-state index contributed by atoms with van der Waals surface area (Å²) in [5, 5.41) is 13.7. The number of carbonyl (C=O) groups is 3. The Morgan fingerprint density at radius 1 is 1.38 bits per heavy atom. The number of amides is 2. The van der Waals surface area contributed by atoms with Crippen LogP contribution < -0.4 is 10.6 Å². The standard InChI is InChI=1S/C13H18N2O6/c1-20-10(6-12(17)18)7-15-11(16)2-4-14-13(19)9-3-5-21-8-9/h3,5,8,10H,2,4,6-7H2,1H3,(H,14,19)(H,15,16)(H,17,18). The van der Waals surface area contributed by atoms with Crippen LogP contribution in [0.2, 0.25) is 0 Å². The fourth-order valence-corrected chi connectivity index (χ4v) is 1.53. The van der Waals surface area contributed by atoms with Crippen LogP contribution in [0.5, 0.6) is 0 Å². The van der Waals surface area contributed by atoms with Gasteiger partial charge in [-0.2, -0.15) is 0 Å². The van der Waals surface area contributed by atoms with Crippen molar-refractivity contribution in [2.75, 3.05) is 20.2 Å². The minimum atomic E-state index is -0.997. The molecule has 0 spiro atoms. The van der Waals surface area contributed by atoms with Gasteiger partial charge in [-0.1, -0.05) is 0 Å². The number of hydrogen-bond acceptors (Lipinski definition) is 5. The number of methoxy groups -OCH3 is 1. The van der Waals surface area contributed by atoms with E-state index in [9.17, 15) is 14.4 Å². The van der Waals surface area contributed by atoms with Crippen molar-refractivity contribution in [3.8, 4) is 0 Å². The Morgan fingerprint density at radius 2 is 2.14 bits per heavy atom. The summed E-state index contributed by atoms with van der Waals surface area (Å²) >= 11 is 0. The average molecular weight is 298 g/mol. The van der Waals surface area contributed by atoms with Crippen molar-refractivity contribution in [3.63, 3.8) is 0 Å². The van der Waals surface area contributed by atoms with Gasteiger partial charge in [0.1, 0.15) is 6.26 Å². The number of aliphatic carboxylic acids is 1. The summed E-state index contributed by atoms with van der Waals surface area (Å²) in [6, 6.07) is 1.52. The van der Waals surface area contributed by atoms with Crippen molar-refractivity contribution in [2.45, 2.75) is 18.9 Å². The van der Waals surface area contributed by atoms with Crippen LogP contribution in [0.3, 0.4) is 0 Å². The van der Waals surface area contributed by atoms with Gasteiger partial charge in [0.15, 0.2) is 0 Å². The summed E-state index contributed by atoms with van der Waals surface area (Å²) in [6.07, 6.45) is 2.02. The third-order valence-corrected chi connectivity index (χ3v) is 2.68. The largest absolute Gasteiger partial charge is 0.481 e. The van der Waals surface area contributed by atoms with E-state index in [2.05, 4.69) is 10.6 Å². The van der Waals surface area contributed by atoms with Gasteiger partial charge < -0.3 is 24.9 Å². The lowest BCUT2D eigenvalue weighted by Gasteiger charge is -2.13. The number of furan rings is 1. The first-order valence-electron chi connectivity index (χ1n) is 6.34. The molecule has 1 unspecified atom stereocenters. The lowest BCUT2D eigenvalue weighted by molar-refractivity contribution is -0.140. The van der Waals surface area contributed by atoms with Crippen LogP contribution >= 0.6 is 0 Å². The van der Waals surface area contributed by atoms with Gasteiger partial charge in [-0.05, 0) is 6.07 Å². The van der Waals surface area contributed by atoms with E-state index in [1.54, 1.807) is 0 Å². The van der Waals surface area contributed by atoms with Crippen LogP contribution in [0.1, 0.15) is 23.2 Å². The van der Waals surface area contributed by atoms with E-state index in [0.29, 0.717) is 5.56 Å². The highest BCUT2D eigenvalue weighted by Crippen LogP contribution is 1.99. The second-order valence-electron chi connectivity index (χ2n) is 4.28. The van der Waals surface area contributed by atoms with Gasteiger partial charge in [0.25, 0.3) is 5.91 Å².